The van der Waals surface area contributed by atoms with Crippen molar-refractivity contribution < 1.29 is 42.1 Å². The first-order chi connectivity index (χ1) is 8.15. The second-order valence-electron chi connectivity index (χ2n) is 2.64. The summed E-state index contributed by atoms with van der Waals surface area (Å²) in [6.45, 7) is -2.53. The van der Waals surface area contributed by atoms with Crippen LogP contribution in [0.5, 0.6) is 0 Å². The number of hydrogen-bond acceptors (Lipinski definition) is 7. The number of nitrogens with zero attached hydrogens (tertiary/aromatic N) is 2. The minimum absolute atomic E-state index is 1.13. The highest BCUT2D eigenvalue weighted by atomic mass is 19.3. The third kappa shape index (κ3) is 6.62. The van der Waals surface area contributed by atoms with Crippen molar-refractivity contribution in [1.29, 1.82) is 0 Å². The van der Waals surface area contributed by atoms with Gasteiger partial charge in [-0.15, -0.1) is 20.2 Å². The van der Waals surface area contributed by atoms with Gasteiger partial charge in [0.2, 0.25) is 0 Å². The van der Waals surface area contributed by atoms with Crippen LogP contribution in [-0.4, -0.2) is 42.0 Å². The lowest BCUT2D eigenvalue weighted by Crippen LogP contribution is -2.37. The van der Waals surface area contributed by atoms with Crippen LogP contribution in [0.2, 0.25) is 0 Å². The van der Waals surface area contributed by atoms with Gasteiger partial charge in [-0.3, -0.25) is 0 Å². The molecule has 0 aromatic heterocycles. The minimum atomic E-state index is -4.85. The van der Waals surface area contributed by atoms with Crippen molar-refractivity contribution in [3.05, 3.63) is 20.2 Å². The molecule has 0 saturated heterocycles. The van der Waals surface area contributed by atoms with E-state index in [0.29, 0.717) is 0 Å². The molecular formula is C5H6F4N2O7. The lowest BCUT2D eigenvalue weighted by molar-refractivity contribution is -0.790. The molecular weight excluding hydrogens is 276 g/mol. The molecule has 0 saturated carbocycles. The van der Waals surface area contributed by atoms with E-state index < -0.39 is 42.0 Å². The average molecular weight is 282 g/mol. The Bertz CT molecular complexity index is 302. The summed E-state index contributed by atoms with van der Waals surface area (Å²) in [6, 6.07) is 0. The number of halogens is 4. The van der Waals surface area contributed by atoms with E-state index in [1.807, 2.05) is 0 Å². The van der Waals surface area contributed by atoms with Gasteiger partial charge in [-0.2, -0.15) is 8.78 Å². The summed E-state index contributed by atoms with van der Waals surface area (Å²) in [5, 5.41) is 16.8. The highest BCUT2D eigenvalue weighted by Crippen LogP contribution is 2.24. The van der Waals surface area contributed by atoms with Crippen LogP contribution < -0.4 is 0 Å². The summed E-state index contributed by atoms with van der Waals surface area (Å²) in [5.41, 5.74) is 0. The molecule has 0 fully saturated rings. The molecule has 0 N–H and O–H groups in total. The van der Waals surface area contributed by atoms with Crippen molar-refractivity contribution in [3.8, 4) is 0 Å². The maximum absolute atomic E-state index is 12.3. The molecule has 0 spiro atoms. The molecule has 0 aliphatic heterocycles. The Balaban J connectivity index is 4.31. The smallest absolute Gasteiger partial charge is 0.314 e. The second-order valence-corrected chi connectivity index (χ2v) is 2.64. The normalized spacial score (nSPS) is 13.2. The summed E-state index contributed by atoms with van der Waals surface area (Å²) in [7, 11) is 0. The third-order valence-corrected chi connectivity index (χ3v) is 1.32. The molecule has 0 rings (SSSR count). The summed E-state index contributed by atoms with van der Waals surface area (Å²) >= 11 is 0. The molecule has 18 heavy (non-hydrogen) atoms. The lowest BCUT2D eigenvalue weighted by atomic mass is 10.4. The summed E-state index contributed by atoms with van der Waals surface area (Å²) in [4.78, 5) is 26.9. The zero-order chi connectivity index (χ0) is 14.3. The third-order valence-electron chi connectivity index (χ3n) is 1.32. The van der Waals surface area contributed by atoms with Crippen LogP contribution in [0.15, 0.2) is 0 Å². The standard InChI is InChI=1S/C5H6F4N2O7/c6-4(7)5(8,9)16-1-3(18-11(14)15)2-17-10(12)13/h3-4H,1-2H2. The van der Waals surface area contributed by atoms with Crippen LogP contribution in [0.3, 0.4) is 0 Å². The molecule has 0 aliphatic carbocycles. The van der Waals surface area contributed by atoms with E-state index in [1.54, 1.807) is 0 Å². The quantitative estimate of drug-likeness (QED) is 0.346. The molecule has 1 atom stereocenters. The monoisotopic (exact) mass is 282 g/mol. The zero-order valence-electron chi connectivity index (χ0n) is 8.33. The van der Waals surface area contributed by atoms with E-state index in [4.69, 9.17) is 0 Å². The maximum Gasteiger partial charge on any atom is 0.416 e. The Labute approximate surface area is 95.4 Å². The molecule has 0 aliphatic rings. The average Bonchev–Trinajstić information content (AvgIpc) is 2.21. The Hall–Kier alpha value is -1.92. The minimum Gasteiger partial charge on any atom is -0.314 e. The molecule has 106 valence electrons. The van der Waals surface area contributed by atoms with Gasteiger partial charge in [-0.05, 0) is 0 Å². The fraction of sp³-hybridized carbons (Fsp3) is 1.00. The van der Waals surface area contributed by atoms with E-state index in [9.17, 15) is 37.8 Å². The van der Waals surface area contributed by atoms with Crippen LogP contribution in [0.4, 0.5) is 17.6 Å². The van der Waals surface area contributed by atoms with E-state index in [1.165, 1.54) is 0 Å². The first-order valence-corrected chi connectivity index (χ1v) is 4.03. The molecule has 0 bridgehead atoms. The van der Waals surface area contributed by atoms with Crippen LogP contribution in [0.1, 0.15) is 0 Å². The topological polar surface area (TPSA) is 114 Å². The number of alkyl halides is 4. The van der Waals surface area contributed by atoms with E-state index >= 15 is 0 Å². The van der Waals surface area contributed by atoms with Crippen molar-refractivity contribution in [3.63, 3.8) is 0 Å². The molecule has 0 aromatic rings. The SMILES string of the molecule is O=[N+]([O-])OCC(COC(F)(F)C(F)F)O[N+](=O)[O-]. The van der Waals surface area contributed by atoms with Gasteiger partial charge in [-0.1, -0.05) is 0 Å². The Kier molecular flexibility index (Phi) is 6.01. The Morgan fingerprint density at radius 2 is 1.67 bits per heavy atom. The molecule has 0 radical (unpaired) electrons. The Morgan fingerprint density at radius 3 is 2.06 bits per heavy atom. The summed E-state index contributed by atoms with van der Waals surface area (Å²) in [5.74, 6) is 0. The molecule has 0 heterocycles. The van der Waals surface area contributed by atoms with Crippen LogP contribution in [0, 0.1) is 20.2 Å². The van der Waals surface area contributed by atoms with Crippen molar-refractivity contribution in [2.75, 3.05) is 13.2 Å². The number of hydrogen-bond donors (Lipinski definition) is 0. The van der Waals surface area contributed by atoms with Gasteiger partial charge >= 0.3 is 12.5 Å². The van der Waals surface area contributed by atoms with Gasteiger partial charge < -0.3 is 14.4 Å². The molecule has 0 amide bonds. The van der Waals surface area contributed by atoms with Crippen LogP contribution >= 0.6 is 0 Å². The lowest BCUT2D eigenvalue weighted by Gasteiger charge is -2.19. The Morgan fingerprint density at radius 1 is 1.11 bits per heavy atom. The van der Waals surface area contributed by atoms with E-state index in [2.05, 4.69) is 14.4 Å². The molecule has 0 aromatic carbocycles. The second kappa shape index (κ2) is 6.73. The molecule has 1 unspecified atom stereocenters. The van der Waals surface area contributed by atoms with Crippen molar-refractivity contribution in [2.24, 2.45) is 0 Å². The van der Waals surface area contributed by atoms with Gasteiger partial charge in [0, 0.05) is 0 Å². The highest BCUT2D eigenvalue weighted by Gasteiger charge is 2.43. The van der Waals surface area contributed by atoms with Crippen molar-refractivity contribution >= 4 is 0 Å². The highest BCUT2D eigenvalue weighted by molar-refractivity contribution is 4.59. The number of ether oxygens (including phenoxy) is 1. The fourth-order valence-corrected chi connectivity index (χ4v) is 0.642. The first kappa shape index (κ1) is 16.1. The van der Waals surface area contributed by atoms with Crippen LogP contribution in [-0.2, 0) is 14.4 Å². The van der Waals surface area contributed by atoms with Crippen molar-refractivity contribution in [2.45, 2.75) is 18.6 Å². The zero-order valence-corrected chi connectivity index (χ0v) is 8.33. The predicted octanol–water partition coefficient (Wildman–Crippen LogP) is 0.646. The van der Waals surface area contributed by atoms with E-state index in [-0.39, 0.29) is 0 Å². The van der Waals surface area contributed by atoms with Gasteiger partial charge in [0.25, 0.3) is 10.2 Å². The maximum atomic E-state index is 12.3. The molecule has 13 heteroatoms. The first-order valence-electron chi connectivity index (χ1n) is 4.03. The van der Waals surface area contributed by atoms with Gasteiger partial charge in [0.1, 0.15) is 6.61 Å². The van der Waals surface area contributed by atoms with Gasteiger partial charge in [0.15, 0.2) is 6.10 Å². The fourth-order valence-electron chi connectivity index (χ4n) is 0.642. The predicted molar refractivity (Wildman–Crippen MR) is 41.7 cm³/mol. The van der Waals surface area contributed by atoms with E-state index in [0.717, 1.165) is 0 Å². The van der Waals surface area contributed by atoms with Gasteiger partial charge in [0.05, 0.1) is 6.61 Å². The summed E-state index contributed by atoms with van der Waals surface area (Å²) < 4.78 is 51.2. The van der Waals surface area contributed by atoms with Crippen molar-refractivity contribution in [1.82, 2.24) is 0 Å². The molecule has 9 nitrogen and oxygen atoms in total. The van der Waals surface area contributed by atoms with Crippen LogP contribution in [0.25, 0.3) is 0 Å². The number of rotatable bonds is 9. The summed E-state index contributed by atoms with van der Waals surface area (Å²) in [6.07, 6.45) is -11.0. The van der Waals surface area contributed by atoms with Gasteiger partial charge in [-0.25, -0.2) is 8.78 Å². The largest absolute Gasteiger partial charge is 0.416 e.